The highest BCUT2D eigenvalue weighted by Crippen LogP contribution is 2.29. The van der Waals surface area contributed by atoms with Crippen molar-refractivity contribution in [3.05, 3.63) is 53.7 Å². The quantitative estimate of drug-likeness (QED) is 0.602. The average molecular weight is 453 g/mol. The van der Waals surface area contributed by atoms with Crippen LogP contribution >= 0.6 is 0 Å². The minimum absolute atomic E-state index is 0.262. The third-order valence-corrected chi connectivity index (χ3v) is 5.88. The number of aromatic nitrogens is 1. The third kappa shape index (κ3) is 4.75. The van der Waals surface area contributed by atoms with E-state index in [0.29, 0.717) is 24.5 Å². The maximum atomic E-state index is 13.0. The van der Waals surface area contributed by atoms with Crippen molar-refractivity contribution in [3.8, 4) is 5.75 Å². The van der Waals surface area contributed by atoms with Gasteiger partial charge in [-0.1, -0.05) is 12.1 Å². The van der Waals surface area contributed by atoms with Crippen molar-refractivity contribution in [2.75, 3.05) is 44.9 Å². The van der Waals surface area contributed by atoms with E-state index < -0.39 is 23.4 Å². The number of urea groups is 1. The monoisotopic (exact) mass is 453 g/mol. The summed E-state index contributed by atoms with van der Waals surface area (Å²) in [6.45, 7) is 4.37. The summed E-state index contributed by atoms with van der Waals surface area (Å²) >= 11 is 0. The summed E-state index contributed by atoms with van der Waals surface area (Å²) in [5, 5.41) is 5.48. The molecule has 1 atom stereocenters. The molecule has 2 aliphatic heterocycles. The molecule has 0 spiro atoms. The molecule has 1 aromatic carbocycles. The second kappa shape index (κ2) is 9.45. The Kier molecular flexibility index (Phi) is 6.45. The van der Waals surface area contributed by atoms with E-state index >= 15 is 0 Å². The summed E-state index contributed by atoms with van der Waals surface area (Å²) in [5.74, 6) is 0.561. The Hall–Kier alpha value is -3.66. The van der Waals surface area contributed by atoms with Crippen LogP contribution in [-0.2, 0) is 26.4 Å². The number of nitrogens with zero attached hydrogens (tertiary/aromatic N) is 3. The van der Waals surface area contributed by atoms with Crippen LogP contribution in [0.25, 0.3) is 0 Å². The van der Waals surface area contributed by atoms with Crippen LogP contribution in [0.5, 0.6) is 5.75 Å². The van der Waals surface area contributed by atoms with Crippen molar-refractivity contribution >= 4 is 23.7 Å². The zero-order chi connectivity index (χ0) is 23.4. The van der Waals surface area contributed by atoms with Crippen molar-refractivity contribution in [1.82, 2.24) is 20.5 Å². The number of methoxy groups -OCH3 is 1. The Morgan fingerprint density at radius 2 is 1.94 bits per heavy atom. The van der Waals surface area contributed by atoms with Crippen LogP contribution < -0.4 is 20.3 Å². The van der Waals surface area contributed by atoms with Crippen LogP contribution in [0, 0.1) is 0 Å². The Labute approximate surface area is 191 Å². The molecule has 2 fully saturated rings. The van der Waals surface area contributed by atoms with E-state index in [-0.39, 0.29) is 13.1 Å². The molecule has 174 valence electrons. The van der Waals surface area contributed by atoms with Gasteiger partial charge in [-0.15, -0.1) is 0 Å². The molecule has 0 radical (unpaired) electrons. The van der Waals surface area contributed by atoms with E-state index in [9.17, 15) is 14.4 Å². The van der Waals surface area contributed by atoms with Gasteiger partial charge in [-0.3, -0.25) is 14.5 Å². The summed E-state index contributed by atoms with van der Waals surface area (Å²) in [7, 11) is 1.55. The highest BCUT2D eigenvalue weighted by atomic mass is 16.5. The van der Waals surface area contributed by atoms with E-state index in [1.165, 1.54) is 0 Å². The van der Waals surface area contributed by atoms with Crippen molar-refractivity contribution in [2.24, 2.45) is 0 Å². The molecule has 2 N–H and O–H groups in total. The van der Waals surface area contributed by atoms with Crippen LogP contribution in [0.1, 0.15) is 18.1 Å². The minimum Gasteiger partial charge on any atom is -0.497 e. The number of carbonyl (C=O) groups excluding carboxylic acids is 3. The summed E-state index contributed by atoms with van der Waals surface area (Å²) in [6, 6.07) is 10.0. The van der Waals surface area contributed by atoms with Crippen LogP contribution in [0.2, 0.25) is 0 Å². The normalized spacial score (nSPS) is 20.5. The predicted molar refractivity (Wildman–Crippen MR) is 120 cm³/mol. The molecule has 2 aliphatic rings. The van der Waals surface area contributed by atoms with E-state index in [1.54, 1.807) is 44.5 Å². The Morgan fingerprint density at radius 1 is 1.21 bits per heavy atom. The molecule has 0 saturated carbocycles. The van der Waals surface area contributed by atoms with Gasteiger partial charge in [-0.25, -0.2) is 9.78 Å². The summed E-state index contributed by atoms with van der Waals surface area (Å²) < 4.78 is 10.5. The van der Waals surface area contributed by atoms with Crippen LogP contribution in [0.15, 0.2) is 42.6 Å². The largest absolute Gasteiger partial charge is 0.497 e. The molecule has 4 amide bonds. The number of hydrogen-bond donors (Lipinski definition) is 2. The Balaban J connectivity index is 1.36. The Bertz CT molecular complexity index is 1040. The number of imide groups is 1. The molecular weight excluding hydrogens is 426 g/mol. The first-order valence-corrected chi connectivity index (χ1v) is 10.7. The molecule has 10 heteroatoms. The molecule has 4 rings (SSSR count). The van der Waals surface area contributed by atoms with Gasteiger partial charge in [0, 0.05) is 25.8 Å². The number of rotatable bonds is 7. The van der Waals surface area contributed by atoms with Gasteiger partial charge in [-0.2, -0.15) is 0 Å². The molecule has 1 aromatic heterocycles. The lowest BCUT2D eigenvalue weighted by Gasteiger charge is -2.28. The number of benzene rings is 1. The molecule has 1 unspecified atom stereocenters. The maximum absolute atomic E-state index is 13.0. The van der Waals surface area contributed by atoms with Gasteiger partial charge in [0.1, 0.15) is 23.7 Å². The van der Waals surface area contributed by atoms with Crippen molar-refractivity contribution < 1.29 is 23.9 Å². The number of nitrogens with one attached hydrogen (secondary N) is 2. The van der Waals surface area contributed by atoms with E-state index in [2.05, 4.69) is 20.5 Å². The summed E-state index contributed by atoms with van der Waals surface area (Å²) in [5.41, 5.74) is 0.235. The molecule has 3 heterocycles. The lowest BCUT2D eigenvalue weighted by atomic mass is 9.92. The van der Waals surface area contributed by atoms with Crippen molar-refractivity contribution in [2.45, 2.75) is 19.0 Å². The molecule has 0 aliphatic carbocycles. The fourth-order valence-corrected chi connectivity index (χ4v) is 3.90. The molecular formula is C23H27N5O5. The highest BCUT2D eigenvalue weighted by molar-refractivity contribution is 6.09. The van der Waals surface area contributed by atoms with E-state index in [0.717, 1.165) is 29.4 Å². The summed E-state index contributed by atoms with van der Waals surface area (Å²) in [6.07, 6.45) is 1.70. The fraction of sp³-hybridized carbons (Fsp3) is 0.391. The maximum Gasteiger partial charge on any atom is 0.325 e. The lowest BCUT2D eigenvalue weighted by molar-refractivity contribution is -0.134. The SMILES string of the molecule is COc1ccc(C2(C)NC(=O)N(CC(=O)NCc3ccnc(N4CCOCC4)c3)C2=O)cc1. The van der Waals surface area contributed by atoms with Crippen LogP contribution in [0.3, 0.4) is 0 Å². The van der Waals surface area contributed by atoms with E-state index in [1.807, 2.05) is 12.1 Å². The predicted octanol–water partition coefficient (Wildman–Crippen LogP) is 1.01. The lowest BCUT2D eigenvalue weighted by Crippen LogP contribution is -2.43. The number of hydrogen-bond acceptors (Lipinski definition) is 7. The zero-order valence-corrected chi connectivity index (χ0v) is 18.7. The third-order valence-electron chi connectivity index (χ3n) is 5.88. The first-order chi connectivity index (χ1) is 15.9. The number of morpholine rings is 1. The smallest absolute Gasteiger partial charge is 0.325 e. The molecule has 10 nitrogen and oxygen atoms in total. The fourth-order valence-electron chi connectivity index (χ4n) is 3.90. The second-order valence-corrected chi connectivity index (χ2v) is 8.07. The number of carbonyl (C=O) groups is 3. The molecule has 2 aromatic rings. The number of amides is 4. The minimum atomic E-state index is -1.25. The van der Waals surface area contributed by atoms with Gasteiger partial charge in [0.05, 0.1) is 20.3 Å². The second-order valence-electron chi connectivity index (χ2n) is 8.07. The molecule has 0 bridgehead atoms. The van der Waals surface area contributed by atoms with Gasteiger partial charge in [0.2, 0.25) is 5.91 Å². The van der Waals surface area contributed by atoms with Gasteiger partial charge in [0.25, 0.3) is 5.91 Å². The first kappa shape index (κ1) is 22.5. The topological polar surface area (TPSA) is 113 Å². The van der Waals surface area contributed by atoms with Crippen molar-refractivity contribution in [1.29, 1.82) is 0 Å². The van der Waals surface area contributed by atoms with E-state index in [4.69, 9.17) is 9.47 Å². The zero-order valence-electron chi connectivity index (χ0n) is 18.7. The van der Waals surface area contributed by atoms with Gasteiger partial charge < -0.3 is 25.0 Å². The number of pyridine rings is 1. The first-order valence-electron chi connectivity index (χ1n) is 10.7. The van der Waals surface area contributed by atoms with Gasteiger partial charge >= 0.3 is 6.03 Å². The summed E-state index contributed by atoms with van der Waals surface area (Å²) in [4.78, 5) is 45.5. The van der Waals surface area contributed by atoms with Gasteiger partial charge in [0.15, 0.2) is 0 Å². The number of anilines is 1. The number of ether oxygens (including phenoxy) is 2. The van der Waals surface area contributed by atoms with Crippen LogP contribution in [0.4, 0.5) is 10.6 Å². The highest BCUT2D eigenvalue weighted by Gasteiger charge is 2.49. The molecule has 33 heavy (non-hydrogen) atoms. The van der Waals surface area contributed by atoms with Gasteiger partial charge in [-0.05, 0) is 42.3 Å². The Morgan fingerprint density at radius 3 is 2.64 bits per heavy atom. The molecule has 2 saturated heterocycles. The van der Waals surface area contributed by atoms with Crippen molar-refractivity contribution in [3.63, 3.8) is 0 Å². The van der Waals surface area contributed by atoms with Crippen LogP contribution in [-0.4, -0.2) is 67.7 Å². The standard InChI is InChI=1S/C23H27N5O5/c1-23(17-3-5-18(32-2)6-4-17)21(30)28(22(31)26-23)15-20(29)25-14-16-7-8-24-19(13-16)27-9-11-33-12-10-27/h3-8,13H,9-12,14-15H2,1-2H3,(H,25,29)(H,26,31). The average Bonchev–Trinajstić information content (AvgIpc) is 3.07.